The Balaban J connectivity index is 2.33. The number of amides is 1. The molecule has 0 saturated carbocycles. The average Bonchev–Trinajstić information content (AvgIpc) is 2.42. The number of anilines is 1. The van der Waals surface area contributed by atoms with E-state index in [-0.39, 0.29) is 12.5 Å². The number of methoxy groups -OCH3 is 2. The van der Waals surface area contributed by atoms with E-state index in [0.29, 0.717) is 23.9 Å². The summed E-state index contributed by atoms with van der Waals surface area (Å²) in [5.41, 5.74) is 0.785. The third kappa shape index (κ3) is 5.81. The lowest BCUT2D eigenvalue weighted by molar-refractivity contribution is -0.119. The Morgan fingerprint density at radius 2 is 2.16 bits per heavy atom. The van der Waals surface area contributed by atoms with Gasteiger partial charge in [-0.3, -0.25) is 4.79 Å². The van der Waals surface area contributed by atoms with Gasteiger partial charge in [0.05, 0.1) is 18.7 Å². The number of benzene rings is 1. The van der Waals surface area contributed by atoms with Gasteiger partial charge < -0.3 is 20.1 Å². The highest BCUT2D eigenvalue weighted by Crippen LogP contribution is 2.27. The average molecular weight is 287 g/mol. The van der Waals surface area contributed by atoms with Crippen LogP contribution in [0.25, 0.3) is 0 Å². The second kappa shape index (κ2) is 8.61. The molecule has 1 rings (SSSR count). The van der Waals surface area contributed by atoms with Gasteiger partial charge in [0.25, 0.3) is 0 Å². The lowest BCUT2D eigenvalue weighted by Crippen LogP contribution is -2.31. The van der Waals surface area contributed by atoms with Crippen molar-refractivity contribution in [2.75, 3.05) is 39.2 Å². The second-order valence-corrected chi connectivity index (χ2v) is 4.31. The lowest BCUT2D eigenvalue weighted by Gasteiger charge is -2.09. The minimum atomic E-state index is -0.0648. The Hall–Kier alpha value is -1.46. The predicted octanol–water partition coefficient (Wildman–Crippen LogP) is 1.91. The molecule has 0 aliphatic carbocycles. The number of ether oxygens (including phenoxy) is 2. The molecule has 0 saturated heterocycles. The number of carbonyl (C=O) groups excluding carboxylic acids is 1. The highest BCUT2D eigenvalue weighted by molar-refractivity contribution is 6.32. The van der Waals surface area contributed by atoms with E-state index in [1.165, 1.54) is 0 Å². The van der Waals surface area contributed by atoms with Gasteiger partial charge in [0, 0.05) is 32.0 Å². The smallest absolute Gasteiger partial charge is 0.239 e. The van der Waals surface area contributed by atoms with Gasteiger partial charge in [0.1, 0.15) is 5.75 Å². The van der Waals surface area contributed by atoms with Crippen molar-refractivity contribution in [1.29, 1.82) is 0 Å². The van der Waals surface area contributed by atoms with E-state index >= 15 is 0 Å². The van der Waals surface area contributed by atoms with Crippen molar-refractivity contribution in [3.8, 4) is 5.75 Å². The molecular formula is C13H19ClN2O3. The summed E-state index contributed by atoms with van der Waals surface area (Å²) < 4.78 is 9.99. The Morgan fingerprint density at radius 1 is 1.37 bits per heavy atom. The van der Waals surface area contributed by atoms with Gasteiger partial charge >= 0.3 is 0 Å². The molecule has 0 bridgehead atoms. The van der Waals surface area contributed by atoms with Crippen LogP contribution in [0.1, 0.15) is 6.42 Å². The molecule has 1 aromatic carbocycles. The number of nitrogens with one attached hydrogen (secondary N) is 2. The van der Waals surface area contributed by atoms with E-state index in [1.807, 2.05) is 0 Å². The molecule has 0 aliphatic heterocycles. The minimum Gasteiger partial charge on any atom is -0.495 e. The Bertz CT molecular complexity index is 413. The van der Waals surface area contributed by atoms with Crippen LogP contribution in [0.4, 0.5) is 5.69 Å². The Morgan fingerprint density at radius 3 is 2.84 bits per heavy atom. The van der Waals surface area contributed by atoms with Crippen molar-refractivity contribution < 1.29 is 14.3 Å². The molecule has 5 nitrogen and oxygen atoms in total. The maximum Gasteiger partial charge on any atom is 0.239 e. The minimum absolute atomic E-state index is 0.0648. The SMILES string of the molecule is COCCCNC(=O)CNc1ccc(Cl)c(OC)c1. The fourth-order valence-electron chi connectivity index (χ4n) is 1.46. The fourth-order valence-corrected chi connectivity index (χ4v) is 1.65. The summed E-state index contributed by atoms with van der Waals surface area (Å²) in [5.74, 6) is 0.511. The quantitative estimate of drug-likeness (QED) is 0.717. The van der Waals surface area contributed by atoms with Gasteiger partial charge in [-0.15, -0.1) is 0 Å². The van der Waals surface area contributed by atoms with Crippen LogP contribution in [0, 0.1) is 0 Å². The van der Waals surface area contributed by atoms with Crippen molar-refractivity contribution in [1.82, 2.24) is 5.32 Å². The summed E-state index contributed by atoms with van der Waals surface area (Å²) >= 11 is 5.91. The van der Waals surface area contributed by atoms with Gasteiger partial charge in [0.15, 0.2) is 0 Å². The summed E-state index contributed by atoms with van der Waals surface area (Å²) in [6.07, 6.45) is 0.803. The highest BCUT2D eigenvalue weighted by atomic mass is 35.5. The van der Waals surface area contributed by atoms with Crippen LogP contribution in [0.5, 0.6) is 5.75 Å². The first kappa shape index (κ1) is 15.6. The number of rotatable bonds is 8. The number of hydrogen-bond acceptors (Lipinski definition) is 4. The van der Waals surface area contributed by atoms with Crippen LogP contribution in [0.3, 0.4) is 0 Å². The van der Waals surface area contributed by atoms with Crippen LogP contribution in [0.15, 0.2) is 18.2 Å². The highest BCUT2D eigenvalue weighted by Gasteiger charge is 2.04. The molecular weight excluding hydrogens is 268 g/mol. The number of hydrogen-bond donors (Lipinski definition) is 2. The molecule has 0 spiro atoms. The van der Waals surface area contributed by atoms with Crippen LogP contribution in [0.2, 0.25) is 5.02 Å². The van der Waals surface area contributed by atoms with Gasteiger partial charge in [-0.2, -0.15) is 0 Å². The molecule has 1 aromatic rings. The molecule has 106 valence electrons. The zero-order valence-corrected chi connectivity index (χ0v) is 11.9. The molecule has 0 fully saturated rings. The Labute approximate surface area is 118 Å². The van der Waals surface area contributed by atoms with Gasteiger partial charge in [-0.1, -0.05) is 11.6 Å². The summed E-state index contributed by atoms with van der Waals surface area (Å²) in [6.45, 7) is 1.46. The fraction of sp³-hybridized carbons (Fsp3) is 0.462. The molecule has 0 aliphatic rings. The molecule has 1 amide bonds. The molecule has 0 atom stereocenters. The van der Waals surface area contributed by atoms with Crippen LogP contribution in [-0.4, -0.2) is 39.8 Å². The summed E-state index contributed by atoms with van der Waals surface area (Å²) in [4.78, 5) is 11.5. The van der Waals surface area contributed by atoms with E-state index in [9.17, 15) is 4.79 Å². The van der Waals surface area contributed by atoms with E-state index in [4.69, 9.17) is 21.1 Å². The number of halogens is 1. The second-order valence-electron chi connectivity index (χ2n) is 3.90. The van der Waals surface area contributed by atoms with Crippen LogP contribution in [-0.2, 0) is 9.53 Å². The van der Waals surface area contributed by atoms with Crippen molar-refractivity contribution in [3.63, 3.8) is 0 Å². The molecule has 0 unspecified atom stereocenters. The first-order chi connectivity index (χ1) is 9.17. The zero-order valence-electron chi connectivity index (χ0n) is 11.2. The monoisotopic (exact) mass is 286 g/mol. The van der Waals surface area contributed by atoms with Crippen LogP contribution >= 0.6 is 11.6 Å². The molecule has 0 aromatic heterocycles. The maximum absolute atomic E-state index is 11.5. The first-order valence-electron chi connectivity index (χ1n) is 6.00. The van der Waals surface area contributed by atoms with Crippen molar-refractivity contribution in [3.05, 3.63) is 23.2 Å². The molecule has 6 heteroatoms. The van der Waals surface area contributed by atoms with Gasteiger partial charge in [-0.05, 0) is 18.6 Å². The first-order valence-corrected chi connectivity index (χ1v) is 6.38. The standard InChI is InChI=1S/C13H19ClN2O3/c1-18-7-3-6-15-13(17)9-16-10-4-5-11(14)12(8-10)19-2/h4-5,8,16H,3,6-7,9H2,1-2H3,(H,15,17). The molecule has 2 N–H and O–H groups in total. The van der Waals surface area contributed by atoms with Crippen molar-refractivity contribution >= 4 is 23.2 Å². The third-order valence-electron chi connectivity index (χ3n) is 2.45. The third-order valence-corrected chi connectivity index (χ3v) is 2.76. The van der Waals surface area contributed by atoms with Crippen molar-refractivity contribution in [2.24, 2.45) is 0 Å². The predicted molar refractivity (Wildman–Crippen MR) is 76.0 cm³/mol. The van der Waals surface area contributed by atoms with Gasteiger partial charge in [-0.25, -0.2) is 0 Å². The molecule has 0 radical (unpaired) electrons. The van der Waals surface area contributed by atoms with E-state index in [2.05, 4.69) is 10.6 Å². The van der Waals surface area contributed by atoms with E-state index < -0.39 is 0 Å². The largest absolute Gasteiger partial charge is 0.495 e. The van der Waals surface area contributed by atoms with E-state index in [0.717, 1.165) is 12.1 Å². The lowest BCUT2D eigenvalue weighted by atomic mass is 10.3. The molecule has 0 heterocycles. The normalized spacial score (nSPS) is 10.1. The van der Waals surface area contributed by atoms with Crippen molar-refractivity contribution in [2.45, 2.75) is 6.42 Å². The topological polar surface area (TPSA) is 59.6 Å². The molecule has 19 heavy (non-hydrogen) atoms. The summed E-state index contributed by atoms with van der Waals surface area (Å²) in [6, 6.07) is 5.27. The zero-order chi connectivity index (χ0) is 14.1. The summed E-state index contributed by atoms with van der Waals surface area (Å²) in [7, 11) is 3.19. The number of carbonyl (C=O) groups is 1. The summed E-state index contributed by atoms with van der Waals surface area (Å²) in [5, 5.41) is 6.33. The Kier molecular flexibility index (Phi) is 7.07. The maximum atomic E-state index is 11.5. The van der Waals surface area contributed by atoms with Crippen LogP contribution < -0.4 is 15.4 Å². The van der Waals surface area contributed by atoms with Gasteiger partial charge in [0.2, 0.25) is 5.91 Å². The van der Waals surface area contributed by atoms with E-state index in [1.54, 1.807) is 32.4 Å².